The molecule has 1 aliphatic carbocycles. The third-order valence-corrected chi connectivity index (χ3v) is 6.70. The minimum atomic E-state index is -1.44. The van der Waals surface area contributed by atoms with Gasteiger partial charge in [0.2, 0.25) is 5.91 Å². The molecule has 0 saturated heterocycles. The zero-order valence-corrected chi connectivity index (χ0v) is 21.6. The van der Waals surface area contributed by atoms with Gasteiger partial charge >= 0.3 is 12.1 Å². The zero-order valence-electron chi connectivity index (χ0n) is 21.6. The lowest BCUT2D eigenvalue weighted by atomic mass is 9.98. The molecule has 0 fully saturated rings. The summed E-state index contributed by atoms with van der Waals surface area (Å²) < 4.78 is 11.2. The number of alkyl carbamates (subject to hydrolysis) is 1. The first-order valence-corrected chi connectivity index (χ1v) is 12.5. The van der Waals surface area contributed by atoms with Crippen LogP contribution in [0.5, 0.6) is 0 Å². The Morgan fingerprint density at radius 3 is 2.03 bits per heavy atom. The molecule has 0 aliphatic heterocycles. The molecule has 3 N–H and O–H groups in total. The summed E-state index contributed by atoms with van der Waals surface area (Å²) >= 11 is 0. The van der Waals surface area contributed by atoms with E-state index in [1.54, 1.807) is 6.92 Å². The van der Waals surface area contributed by atoms with Crippen molar-refractivity contribution in [1.29, 1.82) is 0 Å². The first kappa shape index (κ1) is 26.9. The van der Waals surface area contributed by atoms with Gasteiger partial charge in [0, 0.05) is 5.92 Å². The maximum Gasteiger partial charge on any atom is 0.408 e. The molecule has 2 atom stereocenters. The summed E-state index contributed by atoms with van der Waals surface area (Å²) in [6, 6.07) is 24.0. The third-order valence-electron chi connectivity index (χ3n) is 6.70. The molecule has 0 heterocycles. The number of aliphatic carboxylic acids is 1. The molecule has 8 nitrogen and oxygen atoms in total. The predicted molar refractivity (Wildman–Crippen MR) is 143 cm³/mol. The van der Waals surface area contributed by atoms with Crippen molar-refractivity contribution in [3.8, 4) is 11.1 Å². The van der Waals surface area contributed by atoms with Crippen LogP contribution < -0.4 is 10.6 Å². The Morgan fingerprint density at radius 1 is 0.895 bits per heavy atom. The van der Waals surface area contributed by atoms with Gasteiger partial charge in [-0.2, -0.15) is 0 Å². The quantitative estimate of drug-likeness (QED) is 0.366. The van der Waals surface area contributed by atoms with Crippen molar-refractivity contribution < 1.29 is 29.0 Å². The molecule has 0 radical (unpaired) electrons. The highest BCUT2D eigenvalue weighted by Crippen LogP contribution is 2.44. The summed E-state index contributed by atoms with van der Waals surface area (Å²) in [6.45, 7) is 4.84. The van der Waals surface area contributed by atoms with Crippen LogP contribution in [0.4, 0.5) is 4.79 Å². The SMILES string of the molecule is C[C@H](OCc1ccccc1)[C@@H](NC(=O)C(C)(C)NC(=O)OCC1c2ccccc2-c2ccccc21)C(=O)O. The zero-order chi connectivity index (χ0) is 27.3. The van der Waals surface area contributed by atoms with Crippen molar-refractivity contribution in [2.24, 2.45) is 0 Å². The molecular formula is C30H32N2O6. The van der Waals surface area contributed by atoms with Gasteiger partial charge in [-0.25, -0.2) is 9.59 Å². The van der Waals surface area contributed by atoms with E-state index in [0.717, 1.165) is 27.8 Å². The fourth-order valence-corrected chi connectivity index (χ4v) is 4.55. The maximum atomic E-state index is 13.0. The minimum Gasteiger partial charge on any atom is -0.480 e. The highest BCUT2D eigenvalue weighted by molar-refractivity contribution is 5.92. The summed E-state index contributed by atoms with van der Waals surface area (Å²) in [4.78, 5) is 37.6. The fourth-order valence-electron chi connectivity index (χ4n) is 4.55. The van der Waals surface area contributed by atoms with Gasteiger partial charge in [-0.3, -0.25) is 4.79 Å². The molecule has 3 aromatic carbocycles. The average Bonchev–Trinajstić information content (AvgIpc) is 3.22. The normalized spacial score (nSPS) is 14.1. The number of hydrogen-bond acceptors (Lipinski definition) is 5. The average molecular weight is 517 g/mol. The Labute approximate surface area is 222 Å². The summed E-state index contributed by atoms with van der Waals surface area (Å²) in [7, 11) is 0. The third kappa shape index (κ3) is 6.03. The maximum absolute atomic E-state index is 13.0. The van der Waals surface area contributed by atoms with Crippen molar-refractivity contribution >= 4 is 18.0 Å². The number of benzene rings is 3. The van der Waals surface area contributed by atoms with E-state index >= 15 is 0 Å². The molecule has 38 heavy (non-hydrogen) atoms. The molecule has 2 amide bonds. The van der Waals surface area contributed by atoms with Gasteiger partial charge < -0.3 is 25.2 Å². The molecule has 3 aromatic rings. The molecule has 0 spiro atoms. The lowest BCUT2D eigenvalue weighted by molar-refractivity contribution is -0.147. The molecule has 4 rings (SSSR count). The Bertz CT molecular complexity index is 1260. The second-order valence-corrected chi connectivity index (χ2v) is 9.87. The summed E-state index contributed by atoms with van der Waals surface area (Å²) in [6.07, 6.45) is -1.59. The van der Waals surface area contributed by atoms with Gasteiger partial charge in [0.15, 0.2) is 6.04 Å². The minimum absolute atomic E-state index is 0.0969. The van der Waals surface area contributed by atoms with E-state index in [4.69, 9.17) is 9.47 Å². The molecule has 0 aromatic heterocycles. The van der Waals surface area contributed by atoms with Crippen LogP contribution in [-0.4, -0.2) is 47.4 Å². The van der Waals surface area contributed by atoms with E-state index in [1.165, 1.54) is 13.8 Å². The lowest BCUT2D eigenvalue weighted by Gasteiger charge is -2.29. The molecule has 1 aliphatic rings. The van der Waals surface area contributed by atoms with Gasteiger partial charge in [0.05, 0.1) is 12.7 Å². The summed E-state index contributed by atoms with van der Waals surface area (Å²) in [5.41, 5.74) is 3.82. The smallest absolute Gasteiger partial charge is 0.408 e. The Morgan fingerprint density at radius 2 is 1.45 bits per heavy atom. The van der Waals surface area contributed by atoms with Crippen LogP contribution in [0.15, 0.2) is 78.9 Å². The largest absolute Gasteiger partial charge is 0.480 e. The molecular weight excluding hydrogens is 484 g/mol. The van der Waals surface area contributed by atoms with E-state index in [1.807, 2.05) is 78.9 Å². The van der Waals surface area contributed by atoms with Crippen LogP contribution in [0, 0.1) is 0 Å². The van der Waals surface area contributed by atoms with Gasteiger partial charge in [0.1, 0.15) is 12.1 Å². The fraction of sp³-hybridized carbons (Fsp3) is 0.300. The first-order valence-electron chi connectivity index (χ1n) is 12.5. The second-order valence-electron chi connectivity index (χ2n) is 9.87. The van der Waals surface area contributed by atoms with Crippen LogP contribution >= 0.6 is 0 Å². The summed E-state index contributed by atoms with van der Waals surface area (Å²) in [5.74, 6) is -2.03. The lowest BCUT2D eigenvalue weighted by Crippen LogP contribution is -2.60. The van der Waals surface area contributed by atoms with Gasteiger partial charge in [-0.15, -0.1) is 0 Å². The number of carbonyl (C=O) groups is 3. The number of amides is 2. The second kappa shape index (κ2) is 11.5. The Hall–Kier alpha value is -4.17. The van der Waals surface area contributed by atoms with Crippen molar-refractivity contribution in [1.82, 2.24) is 10.6 Å². The number of ether oxygens (including phenoxy) is 2. The Kier molecular flexibility index (Phi) is 8.12. The van der Waals surface area contributed by atoms with Crippen LogP contribution in [0.1, 0.15) is 43.4 Å². The highest BCUT2D eigenvalue weighted by atomic mass is 16.5. The highest BCUT2D eigenvalue weighted by Gasteiger charge is 2.36. The number of carbonyl (C=O) groups excluding carboxylic acids is 2. The van der Waals surface area contributed by atoms with E-state index in [9.17, 15) is 19.5 Å². The van der Waals surface area contributed by atoms with E-state index < -0.39 is 35.7 Å². The molecule has 0 saturated carbocycles. The van der Waals surface area contributed by atoms with Crippen LogP contribution in [0.25, 0.3) is 11.1 Å². The molecule has 8 heteroatoms. The Balaban J connectivity index is 1.34. The van der Waals surface area contributed by atoms with Gasteiger partial charge in [-0.1, -0.05) is 78.9 Å². The monoisotopic (exact) mass is 516 g/mol. The number of fused-ring (bicyclic) bond motifs is 3. The standard InChI is InChI=1S/C30H32N2O6/c1-19(37-17-20-11-5-4-6-12-20)26(27(33)34)31-28(35)30(2,3)32-29(36)38-18-25-23-15-9-7-13-21(23)22-14-8-10-16-24(22)25/h4-16,19,25-26H,17-18H2,1-3H3,(H,31,35)(H,32,36)(H,33,34)/t19-,26+/m0/s1. The van der Waals surface area contributed by atoms with Crippen molar-refractivity contribution in [3.05, 3.63) is 95.6 Å². The number of carboxylic acid groups (broad SMARTS) is 1. The predicted octanol–water partition coefficient (Wildman–Crippen LogP) is 4.48. The number of nitrogens with one attached hydrogen (secondary N) is 2. The van der Waals surface area contributed by atoms with E-state index in [0.29, 0.717) is 0 Å². The molecule has 0 unspecified atom stereocenters. The van der Waals surface area contributed by atoms with E-state index in [-0.39, 0.29) is 19.1 Å². The molecule has 0 bridgehead atoms. The van der Waals surface area contributed by atoms with Crippen LogP contribution in [-0.2, 0) is 25.7 Å². The molecule has 198 valence electrons. The summed E-state index contributed by atoms with van der Waals surface area (Å²) in [5, 5.41) is 14.7. The van der Waals surface area contributed by atoms with Crippen LogP contribution in [0.3, 0.4) is 0 Å². The van der Waals surface area contributed by atoms with Crippen molar-refractivity contribution in [3.63, 3.8) is 0 Å². The first-order chi connectivity index (χ1) is 18.2. The topological polar surface area (TPSA) is 114 Å². The van der Waals surface area contributed by atoms with Crippen molar-refractivity contribution in [2.45, 2.75) is 51.0 Å². The van der Waals surface area contributed by atoms with Crippen LogP contribution in [0.2, 0.25) is 0 Å². The van der Waals surface area contributed by atoms with Crippen molar-refractivity contribution in [2.75, 3.05) is 6.61 Å². The number of rotatable bonds is 10. The van der Waals surface area contributed by atoms with Gasteiger partial charge in [-0.05, 0) is 48.6 Å². The van der Waals surface area contributed by atoms with E-state index in [2.05, 4.69) is 10.6 Å². The van der Waals surface area contributed by atoms with Gasteiger partial charge in [0.25, 0.3) is 0 Å². The number of carboxylic acids is 1. The number of hydrogen-bond donors (Lipinski definition) is 3.